The third-order valence-electron chi connectivity index (χ3n) is 1.44. The molecule has 0 amide bonds. The molecule has 7 heteroatoms. The molecule has 0 spiro atoms. The first kappa shape index (κ1) is 15.0. The number of nitrogens with two attached hydrogens (primary N) is 2. The third kappa shape index (κ3) is 8.30. The lowest BCUT2D eigenvalue weighted by Crippen LogP contribution is -2.32. The summed E-state index contributed by atoms with van der Waals surface area (Å²) in [4.78, 5) is 21.8. The number of hydrogen-bond acceptors (Lipinski definition) is 7. The molecule has 7 nitrogen and oxygen atoms in total. The van der Waals surface area contributed by atoms with E-state index in [1.54, 1.807) is 0 Å². The first-order valence-corrected chi connectivity index (χ1v) is 4.93. The molecule has 1 atom stereocenters. The summed E-state index contributed by atoms with van der Waals surface area (Å²) in [6.45, 7) is 2.58. The average molecular weight is 234 g/mol. The molecule has 0 aliphatic heterocycles. The summed E-state index contributed by atoms with van der Waals surface area (Å²) in [6, 6.07) is -0.822. The standard InChI is InChI=1S/C9H18N2O5/c1-7(11)9(13)16-8(12)6-15-5-4-14-3-2-10/h7H,2-6,10-11H2,1H3/t7-/m0/s1. The van der Waals surface area contributed by atoms with Crippen molar-refractivity contribution in [1.82, 2.24) is 0 Å². The highest BCUT2D eigenvalue weighted by Crippen LogP contribution is 1.87. The fourth-order valence-corrected chi connectivity index (χ4v) is 0.693. The Morgan fingerprint density at radius 3 is 2.38 bits per heavy atom. The molecule has 0 radical (unpaired) electrons. The molecule has 94 valence electrons. The van der Waals surface area contributed by atoms with Crippen molar-refractivity contribution in [3.05, 3.63) is 0 Å². The Morgan fingerprint density at radius 2 is 1.81 bits per heavy atom. The van der Waals surface area contributed by atoms with Crippen LogP contribution >= 0.6 is 0 Å². The van der Waals surface area contributed by atoms with Crippen LogP contribution in [0.2, 0.25) is 0 Å². The maximum absolute atomic E-state index is 11.0. The molecule has 0 bridgehead atoms. The van der Waals surface area contributed by atoms with Crippen LogP contribution in [0.4, 0.5) is 0 Å². The molecule has 0 rings (SSSR count). The van der Waals surface area contributed by atoms with E-state index in [-0.39, 0.29) is 13.2 Å². The number of ether oxygens (including phenoxy) is 3. The van der Waals surface area contributed by atoms with E-state index in [1.165, 1.54) is 6.92 Å². The molecule has 0 aromatic heterocycles. The lowest BCUT2D eigenvalue weighted by atomic mass is 10.4. The monoisotopic (exact) mass is 234 g/mol. The van der Waals surface area contributed by atoms with Crippen molar-refractivity contribution in [2.45, 2.75) is 13.0 Å². The minimum Gasteiger partial charge on any atom is -0.390 e. The fourth-order valence-electron chi connectivity index (χ4n) is 0.693. The molecule has 0 aromatic rings. The van der Waals surface area contributed by atoms with Crippen LogP contribution in [-0.4, -0.2) is 51.0 Å². The number of esters is 2. The van der Waals surface area contributed by atoms with E-state index in [0.717, 1.165) is 0 Å². The molecular weight excluding hydrogens is 216 g/mol. The van der Waals surface area contributed by atoms with E-state index in [2.05, 4.69) is 4.74 Å². The molecular formula is C9H18N2O5. The Hall–Kier alpha value is -1.02. The minimum atomic E-state index is -0.822. The maximum atomic E-state index is 11.0. The minimum absolute atomic E-state index is 0.238. The van der Waals surface area contributed by atoms with Gasteiger partial charge in [-0.2, -0.15) is 0 Å². The van der Waals surface area contributed by atoms with Crippen molar-refractivity contribution in [2.75, 3.05) is 33.0 Å². The Morgan fingerprint density at radius 1 is 1.19 bits per heavy atom. The number of rotatable bonds is 8. The zero-order valence-electron chi connectivity index (χ0n) is 9.31. The largest absolute Gasteiger partial charge is 0.390 e. The van der Waals surface area contributed by atoms with Gasteiger partial charge in [-0.25, -0.2) is 9.59 Å². The Kier molecular flexibility index (Phi) is 8.64. The van der Waals surface area contributed by atoms with Gasteiger partial charge in [0.1, 0.15) is 12.6 Å². The lowest BCUT2D eigenvalue weighted by molar-refractivity contribution is -0.163. The van der Waals surface area contributed by atoms with Gasteiger partial charge in [0.2, 0.25) is 0 Å². The van der Waals surface area contributed by atoms with Crippen LogP contribution in [0, 0.1) is 0 Å². The van der Waals surface area contributed by atoms with Gasteiger partial charge in [-0.1, -0.05) is 0 Å². The summed E-state index contributed by atoms with van der Waals surface area (Å²) in [7, 11) is 0. The van der Waals surface area contributed by atoms with Crippen molar-refractivity contribution >= 4 is 11.9 Å². The molecule has 16 heavy (non-hydrogen) atoms. The van der Waals surface area contributed by atoms with Gasteiger partial charge in [-0.05, 0) is 6.92 Å². The van der Waals surface area contributed by atoms with Crippen molar-refractivity contribution in [1.29, 1.82) is 0 Å². The second-order valence-electron chi connectivity index (χ2n) is 3.04. The van der Waals surface area contributed by atoms with Gasteiger partial charge in [-0.3, -0.25) is 0 Å². The third-order valence-corrected chi connectivity index (χ3v) is 1.44. The van der Waals surface area contributed by atoms with Gasteiger partial charge in [0.15, 0.2) is 0 Å². The van der Waals surface area contributed by atoms with Crippen molar-refractivity contribution in [2.24, 2.45) is 11.5 Å². The first-order valence-electron chi connectivity index (χ1n) is 4.93. The van der Waals surface area contributed by atoms with Crippen LogP contribution < -0.4 is 11.5 Å². The summed E-state index contributed by atoms with van der Waals surface area (Å²) in [5.41, 5.74) is 10.4. The molecule has 0 aliphatic carbocycles. The first-order chi connectivity index (χ1) is 7.57. The highest BCUT2D eigenvalue weighted by atomic mass is 16.6. The van der Waals surface area contributed by atoms with E-state index in [4.69, 9.17) is 20.9 Å². The molecule has 0 aliphatic rings. The highest BCUT2D eigenvalue weighted by molar-refractivity contribution is 5.88. The van der Waals surface area contributed by atoms with Gasteiger partial charge in [0.25, 0.3) is 0 Å². The van der Waals surface area contributed by atoms with Crippen LogP contribution in [-0.2, 0) is 23.8 Å². The predicted molar refractivity (Wildman–Crippen MR) is 55.4 cm³/mol. The molecule has 0 fully saturated rings. The lowest BCUT2D eigenvalue weighted by Gasteiger charge is -2.06. The Labute approximate surface area is 94.0 Å². The normalized spacial score (nSPS) is 12.2. The predicted octanol–water partition coefficient (Wildman–Crippen LogP) is -1.60. The van der Waals surface area contributed by atoms with Crippen molar-refractivity contribution < 1.29 is 23.8 Å². The smallest absolute Gasteiger partial charge is 0.339 e. The molecule has 4 N–H and O–H groups in total. The summed E-state index contributed by atoms with van der Waals surface area (Å²) in [6.07, 6.45) is 0. The molecule has 0 saturated heterocycles. The second-order valence-corrected chi connectivity index (χ2v) is 3.04. The molecule has 0 unspecified atom stereocenters. The van der Waals surface area contributed by atoms with E-state index >= 15 is 0 Å². The maximum Gasteiger partial charge on any atom is 0.339 e. The summed E-state index contributed by atoms with van der Waals surface area (Å²) >= 11 is 0. The quantitative estimate of drug-likeness (QED) is 0.295. The summed E-state index contributed by atoms with van der Waals surface area (Å²) < 4.78 is 14.2. The Balaban J connectivity index is 3.41. The topological polar surface area (TPSA) is 114 Å². The number of hydrogen-bond donors (Lipinski definition) is 2. The zero-order chi connectivity index (χ0) is 12.4. The summed E-state index contributed by atoms with van der Waals surface area (Å²) in [5, 5.41) is 0. The summed E-state index contributed by atoms with van der Waals surface area (Å²) in [5.74, 6) is -1.53. The van der Waals surface area contributed by atoms with Crippen LogP contribution in [0.3, 0.4) is 0 Å². The number of carbonyl (C=O) groups is 2. The van der Waals surface area contributed by atoms with Crippen molar-refractivity contribution in [3.63, 3.8) is 0 Å². The van der Waals surface area contributed by atoms with Crippen LogP contribution in [0.5, 0.6) is 0 Å². The Bertz CT molecular complexity index is 220. The zero-order valence-corrected chi connectivity index (χ0v) is 9.31. The van der Waals surface area contributed by atoms with Gasteiger partial charge >= 0.3 is 11.9 Å². The fraction of sp³-hybridized carbons (Fsp3) is 0.778. The van der Waals surface area contributed by atoms with E-state index in [1.807, 2.05) is 0 Å². The molecule has 0 heterocycles. The van der Waals surface area contributed by atoms with Crippen LogP contribution in [0.1, 0.15) is 6.92 Å². The van der Waals surface area contributed by atoms with E-state index < -0.39 is 18.0 Å². The van der Waals surface area contributed by atoms with Crippen LogP contribution in [0.15, 0.2) is 0 Å². The van der Waals surface area contributed by atoms with E-state index in [0.29, 0.717) is 19.8 Å². The van der Waals surface area contributed by atoms with Gasteiger partial charge < -0.3 is 25.7 Å². The molecule has 0 saturated carbocycles. The SMILES string of the molecule is C[C@H](N)C(=O)OC(=O)COCCOCCN. The van der Waals surface area contributed by atoms with Crippen molar-refractivity contribution in [3.8, 4) is 0 Å². The average Bonchev–Trinajstić information content (AvgIpc) is 2.23. The molecule has 0 aromatic carbocycles. The van der Waals surface area contributed by atoms with Gasteiger partial charge in [0.05, 0.1) is 19.8 Å². The highest BCUT2D eigenvalue weighted by Gasteiger charge is 2.14. The number of carbonyl (C=O) groups excluding carboxylic acids is 2. The second kappa shape index (κ2) is 9.22. The van der Waals surface area contributed by atoms with E-state index in [9.17, 15) is 9.59 Å². The van der Waals surface area contributed by atoms with Gasteiger partial charge in [-0.15, -0.1) is 0 Å². The van der Waals surface area contributed by atoms with Crippen LogP contribution in [0.25, 0.3) is 0 Å². The van der Waals surface area contributed by atoms with Gasteiger partial charge in [0, 0.05) is 6.54 Å².